The van der Waals surface area contributed by atoms with Crippen LogP contribution in [0.3, 0.4) is 0 Å². The Labute approximate surface area is 125 Å². The van der Waals surface area contributed by atoms with Gasteiger partial charge in [-0.2, -0.15) is 0 Å². The molecule has 1 aromatic heterocycles. The summed E-state index contributed by atoms with van der Waals surface area (Å²) in [6.07, 6.45) is 3.20. The molecule has 0 saturated carbocycles. The van der Waals surface area contributed by atoms with E-state index in [1.807, 2.05) is 23.6 Å². The van der Waals surface area contributed by atoms with Gasteiger partial charge in [0.15, 0.2) is 0 Å². The minimum atomic E-state index is -0.336. The molecule has 100 valence electrons. The summed E-state index contributed by atoms with van der Waals surface area (Å²) >= 11 is 2.27. The van der Waals surface area contributed by atoms with E-state index < -0.39 is 0 Å². The van der Waals surface area contributed by atoms with Crippen LogP contribution >= 0.6 is 22.6 Å². The smallest absolute Gasteiger partial charge is 0.356 e. The van der Waals surface area contributed by atoms with Gasteiger partial charge in [-0.1, -0.05) is 12.1 Å². The lowest BCUT2D eigenvalue weighted by atomic mass is 10.1. The third-order valence-corrected chi connectivity index (χ3v) is 3.64. The Morgan fingerprint density at radius 2 is 2.11 bits per heavy atom. The Hall–Kier alpha value is -1.37. The number of hydrogen-bond donors (Lipinski definition) is 0. The van der Waals surface area contributed by atoms with Gasteiger partial charge >= 0.3 is 5.97 Å². The summed E-state index contributed by atoms with van der Waals surface area (Å²) in [5, 5.41) is 0. The van der Waals surface area contributed by atoms with Gasteiger partial charge in [0, 0.05) is 3.57 Å². The van der Waals surface area contributed by atoms with E-state index in [4.69, 9.17) is 4.74 Å². The van der Waals surface area contributed by atoms with Crippen LogP contribution in [0.4, 0.5) is 0 Å². The van der Waals surface area contributed by atoms with Crippen molar-refractivity contribution < 1.29 is 9.53 Å². The number of esters is 1. The van der Waals surface area contributed by atoms with Crippen molar-refractivity contribution in [3.63, 3.8) is 0 Å². The highest BCUT2D eigenvalue weighted by molar-refractivity contribution is 14.1. The van der Waals surface area contributed by atoms with Crippen molar-refractivity contribution in [2.24, 2.45) is 0 Å². The fourth-order valence-electron chi connectivity index (χ4n) is 1.88. The van der Waals surface area contributed by atoms with Crippen LogP contribution < -0.4 is 0 Å². The van der Waals surface area contributed by atoms with Crippen LogP contribution in [0.15, 0.2) is 36.8 Å². The molecule has 1 aromatic carbocycles. The van der Waals surface area contributed by atoms with E-state index in [9.17, 15) is 4.79 Å². The molecule has 0 amide bonds. The zero-order valence-electron chi connectivity index (χ0n) is 10.8. The lowest BCUT2D eigenvalue weighted by Gasteiger charge is -2.16. The summed E-state index contributed by atoms with van der Waals surface area (Å²) in [4.78, 5) is 15.9. The Morgan fingerprint density at radius 1 is 1.42 bits per heavy atom. The highest BCUT2D eigenvalue weighted by atomic mass is 131. The van der Waals surface area contributed by atoms with Gasteiger partial charge < -0.3 is 9.30 Å². The average molecular weight is 374 g/mol. The molecule has 2 aromatic rings. The lowest BCUT2D eigenvalue weighted by Crippen LogP contribution is -2.15. The first-order valence-electron chi connectivity index (χ1n) is 6.08. The number of halogens is 1. The van der Waals surface area contributed by atoms with Crippen LogP contribution in [-0.2, 0) is 4.74 Å². The average Bonchev–Trinajstić information content (AvgIpc) is 2.88. The molecule has 0 fully saturated rings. The van der Waals surface area contributed by atoms with Crippen LogP contribution in [0.5, 0.6) is 0 Å². The molecule has 4 nitrogen and oxygen atoms in total. The first kappa shape index (κ1) is 14.0. The zero-order chi connectivity index (χ0) is 13.8. The van der Waals surface area contributed by atoms with Crippen molar-refractivity contribution in [1.29, 1.82) is 0 Å². The van der Waals surface area contributed by atoms with Crippen LogP contribution in [0.25, 0.3) is 0 Å². The summed E-state index contributed by atoms with van der Waals surface area (Å²) < 4.78 is 8.05. The van der Waals surface area contributed by atoms with Crippen molar-refractivity contribution in [2.45, 2.75) is 19.9 Å². The molecule has 0 aliphatic rings. The lowest BCUT2D eigenvalue weighted by molar-refractivity contribution is 0.0512. The summed E-state index contributed by atoms with van der Waals surface area (Å²) in [7, 11) is 0. The largest absolute Gasteiger partial charge is 0.461 e. The molecular weight excluding hydrogens is 359 g/mol. The normalized spacial score (nSPS) is 12.2. The molecule has 0 bridgehead atoms. The van der Waals surface area contributed by atoms with Gasteiger partial charge in [-0.05, 0) is 54.1 Å². The number of nitrogens with zero attached hydrogens (tertiary/aromatic N) is 2. The van der Waals surface area contributed by atoms with E-state index in [-0.39, 0.29) is 12.0 Å². The number of rotatable bonds is 4. The molecule has 0 aliphatic carbocycles. The van der Waals surface area contributed by atoms with Crippen LogP contribution in [0, 0.1) is 3.57 Å². The fraction of sp³-hybridized carbons (Fsp3) is 0.286. The number of aromatic nitrogens is 2. The second kappa shape index (κ2) is 6.18. The second-order valence-corrected chi connectivity index (χ2v) is 5.38. The number of ether oxygens (including phenoxy) is 1. The maximum absolute atomic E-state index is 11.8. The molecule has 0 aliphatic heterocycles. The first-order valence-corrected chi connectivity index (χ1v) is 7.15. The molecule has 0 unspecified atom stereocenters. The monoisotopic (exact) mass is 374 g/mol. The number of carbonyl (C=O) groups is 1. The highest BCUT2D eigenvalue weighted by Crippen LogP contribution is 2.21. The zero-order valence-corrected chi connectivity index (χ0v) is 13.0. The predicted molar refractivity (Wildman–Crippen MR) is 81.2 cm³/mol. The molecule has 1 atom stereocenters. The molecular formula is C14H15IN2O2. The number of benzene rings is 1. The maximum Gasteiger partial charge on any atom is 0.356 e. The van der Waals surface area contributed by atoms with Gasteiger partial charge in [0.05, 0.1) is 25.2 Å². The van der Waals surface area contributed by atoms with E-state index in [1.54, 1.807) is 19.4 Å². The van der Waals surface area contributed by atoms with Gasteiger partial charge in [-0.3, -0.25) is 0 Å². The number of hydrogen-bond acceptors (Lipinski definition) is 3. The first-order chi connectivity index (χ1) is 9.13. The summed E-state index contributed by atoms with van der Waals surface area (Å²) in [5.41, 5.74) is 1.61. The van der Waals surface area contributed by atoms with E-state index in [2.05, 4.69) is 39.7 Å². The maximum atomic E-state index is 11.8. The Morgan fingerprint density at radius 3 is 2.74 bits per heavy atom. The van der Waals surface area contributed by atoms with Crippen molar-refractivity contribution in [1.82, 2.24) is 9.55 Å². The fourth-order valence-corrected chi connectivity index (χ4v) is 2.24. The molecule has 0 spiro atoms. The Bertz CT molecular complexity index is 563. The minimum Gasteiger partial charge on any atom is -0.461 e. The summed E-state index contributed by atoms with van der Waals surface area (Å²) in [6.45, 7) is 4.19. The van der Waals surface area contributed by atoms with Crippen LogP contribution in [-0.4, -0.2) is 22.1 Å². The molecule has 0 radical (unpaired) electrons. The summed E-state index contributed by atoms with van der Waals surface area (Å²) in [6, 6.07) is 8.25. The second-order valence-electron chi connectivity index (χ2n) is 4.13. The van der Waals surface area contributed by atoms with Crippen LogP contribution in [0.2, 0.25) is 0 Å². The Kier molecular flexibility index (Phi) is 4.57. The molecule has 1 heterocycles. The SMILES string of the molecule is CCOC(=O)c1cncn1[C@H](C)c1ccc([131I])cc1. The highest BCUT2D eigenvalue weighted by Gasteiger charge is 2.17. The minimum absolute atomic E-state index is 0.0407. The number of carbonyl (C=O) groups excluding carboxylic acids is 1. The standard InChI is InChI=1S/C14H15IN2O2/c1-3-19-14(18)13-8-16-9-17(13)10(2)11-4-6-12(15)7-5-11/h4-10H,3H2,1-2H3/t10-/m1/s1/i15+4. The van der Waals surface area contributed by atoms with Gasteiger partial charge in [0.1, 0.15) is 5.69 Å². The van der Waals surface area contributed by atoms with E-state index >= 15 is 0 Å². The van der Waals surface area contributed by atoms with Gasteiger partial charge in [0.25, 0.3) is 0 Å². The molecule has 5 heteroatoms. The van der Waals surface area contributed by atoms with E-state index in [1.165, 1.54) is 3.57 Å². The van der Waals surface area contributed by atoms with Crippen molar-refractivity contribution >= 4 is 28.6 Å². The third-order valence-electron chi connectivity index (χ3n) is 2.92. The predicted octanol–water partition coefficient (Wildman–Crippen LogP) is 3.27. The van der Waals surface area contributed by atoms with Crippen molar-refractivity contribution in [3.8, 4) is 0 Å². The van der Waals surface area contributed by atoms with Crippen molar-refractivity contribution in [2.75, 3.05) is 6.61 Å². The Balaban J connectivity index is 2.29. The molecule has 0 saturated heterocycles. The van der Waals surface area contributed by atoms with E-state index in [0.717, 1.165) is 5.56 Å². The number of imidazole rings is 1. The van der Waals surface area contributed by atoms with Gasteiger partial charge in [0.2, 0.25) is 0 Å². The molecule has 19 heavy (non-hydrogen) atoms. The van der Waals surface area contributed by atoms with E-state index in [0.29, 0.717) is 12.3 Å². The van der Waals surface area contributed by atoms with Gasteiger partial charge in [-0.15, -0.1) is 0 Å². The quantitative estimate of drug-likeness (QED) is 0.610. The van der Waals surface area contributed by atoms with Crippen LogP contribution in [0.1, 0.15) is 35.9 Å². The summed E-state index contributed by atoms with van der Waals surface area (Å²) in [5.74, 6) is -0.336. The third kappa shape index (κ3) is 3.15. The van der Waals surface area contributed by atoms with Gasteiger partial charge in [-0.25, -0.2) is 9.78 Å². The topological polar surface area (TPSA) is 44.1 Å². The molecule has 0 N–H and O–H groups in total. The molecule has 2 rings (SSSR count). The van der Waals surface area contributed by atoms with Crippen molar-refractivity contribution in [3.05, 3.63) is 51.6 Å².